The van der Waals surface area contributed by atoms with Gasteiger partial charge in [-0.15, -0.1) is 0 Å². The Morgan fingerprint density at radius 1 is 1.21 bits per heavy atom. The van der Waals surface area contributed by atoms with Gasteiger partial charge in [0, 0.05) is 24.2 Å². The van der Waals surface area contributed by atoms with E-state index in [2.05, 4.69) is 21.8 Å². The maximum Gasteiger partial charge on any atom is 0.163 e. The third-order valence-electron chi connectivity index (χ3n) is 3.39. The smallest absolute Gasteiger partial charge is 0.163 e. The van der Waals surface area contributed by atoms with Gasteiger partial charge in [0.1, 0.15) is 11.6 Å². The van der Waals surface area contributed by atoms with Gasteiger partial charge in [0.25, 0.3) is 0 Å². The van der Waals surface area contributed by atoms with Gasteiger partial charge in [0.2, 0.25) is 0 Å². The van der Waals surface area contributed by atoms with Crippen molar-refractivity contribution in [3.8, 4) is 11.4 Å². The molecule has 98 valence electrons. The van der Waals surface area contributed by atoms with Crippen molar-refractivity contribution in [3.05, 3.63) is 36.4 Å². The van der Waals surface area contributed by atoms with Gasteiger partial charge in [-0.2, -0.15) is 0 Å². The summed E-state index contributed by atoms with van der Waals surface area (Å²) in [5.41, 5.74) is 6.93. The van der Waals surface area contributed by atoms with E-state index in [1.165, 1.54) is 12.8 Å². The first-order valence-electron chi connectivity index (χ1n) is 6.74. The molecule has 1 aliphatic rings. The molecule has 0 unspecified atom stereocenters. The van der Waals surface area contributed by atoms with Gasteiger partial charge in [-0.3, -0.25) is 0 Å². The Morgan fingerprint density at radius 3 is 2.58 bits per heavy atom. The predicted molar refractivity (Wildman–Crippen MR) is 77.9 cm³/mol. The third-order valence-corrected chi connectivity index (χ3v) is 3.39. The summed E-state index contributed by atoms with van der Waals surface area (Å²) in [5.74, 6) is 2.18. The van der Waals surface area contributed by atoms with E-state index >= 15 is 0 Å². The maximum absolute atomic E-state index is 5.93. The van der Waals surface area contributed by atoms with Crippen LogP contribution in [0.2, 0.25) is 0 Å². The van der Waals surface area contributed by atoms with E-state index < -0.39 is 0 Å². The van der Waals surface area contributed by atoms with Crippen molar-refractivity contribution in [1.82, 2.24) is 9.97 Å². The first kappa shape index (κ1) is 12.0. The van der Waals surface area contributed by atoms with Gasteiger partial charge < -0.3 is 10.6 Å². The molecule has 1 heterocycles. The highest BCUT2D eigenvalue weighted by atomic mass is 15.2. The number of hydrogen-bond acceptors (Lipinski definition) is 4. The molecule has 0 aliphatic heterocycles. The van der Waals surface area contributed by atoms with Crippen LogP contribution in [0.4, 0.5) is 11.6 Å². The average Bonchev–Trinajstić information content (AvgIpc) is 3.25. The summed E-state index contributed by atoms with van der Waals surface area (Å²) >= 11 is 0. The average molecular weight is 254 g/mol. The van der Waals surface area contributed by atoms with Crippen LogP contribution in [0, 0.1) is 0 Å². The van der Waals surface area contributed by atoms with Crippen LogP contribution < -0.4 is 10.6 Å². The van der Waals surface area contributed by atoms with E-state index in [4.69, 9.17) is 5.73 Å². The molecule has 1 fully saturated rings. The molecule has 3 rings (SSSR count). The molecule has 1 aromatic heterocycles. The molecule has 0 spiro atoms. The van der Waals surface area contributed by atoms with E-state index in [0.717, 1.165) is 17.9 Å². The second-order valence-electron chi connectivity index (χ2n) is 4.86. The fourth-order valence-corrected chi connectivity index (χ4v) is 2.31. The van der Waals surface area contributed by atoms with Crippen molar-refractivity contribution in [2.75, 3.05) is 17.2 Å². The SMILES string of the molecule is CCN(c1cc(N)nc(-c2ccccc2)n1)C1CC1. The van der Waals surface area contributed by atoms with Crippen molar-refractivity contribution in [1.29, 1.82) is 0 Å². The van der Waals surface area contributed by atoms with Gasteiger partial charge in [0.15, 0.2) is 5.82 Å². The van der Waals surface area contributed by atoms with E-state index in [0.29, 0.717) is 17.7 Å². The van der Waals surface area contributed by atoms with Crippen molar-refractivity contribution < 1.29 is 0 Å². The molecule has 0 saturated heterocycles. The van der Waals surface area contributed by atoms with Crippen molar-refractivity contribution >= 4 is 11.6 Å². The van der Waals surface area contributed by atoms with Gasteiger partial charge in [-0.05, 0) is 19.8 Å². The summed E-state index contributed by atoms with van der Waals surface area (Å²) in [6, 6.07) is 12.5. The highest BCUT2D eigenvalue weighted by Gasteiger charge is 2.29. The minimum atomic E-state index is 0.531. The first-order chi connectivity index (χ1) is 9.28. The van der Waals surface area contributed by atoms with Crippen LogP contribution in [-0.4, -0.2) is 22.6 Å². The monoisotopic (exact) mass is 254 g/mol. The van der Waals surface area contributed by atoms with Gasteiger partial charge in [-0.25, -0.2) is 9.97 Å². The minimum Gasteiger partial charge on any atom is -0.384 e. The molecule has 0 radical (unpaired) electrons. The predicted octanol–water partition coefficient (Wildman–Crippen LogP) is 2.71. The van der Waals surface area contributed by atoms with Gasteiger partial charge in [-0.1, -0.05) is 30.3 Å². The lowest BCUT2D eigenvalue weighted by Crippen LogP contribution is -2.26. The summed E-state index contributed by atoms with van der Waals surface area (Å²) in [6.07, 6.45) is 2.50. The molecule has 4 nitrogen and oxygen atoms in total. The second-order valence-corrected chi connectivity index (χ2v) is 4.86. The second kappa shape index (κ2) is 4.88. The van der Waals surface area contributed by atoms with Crippen LogP contribution in [0.5, 0.6) is 0 Å². The lowest BCUT2D eigenvalue weighted by molar-refractivity contribution is 0.807. The Labute approximate surface area is 113 Å². The van der Waals surface area contributed by atoms with Crippen LogP contribution >= 0.6 is 0 Å². The summed E-state index contributed by atoms with van der Waals surface area (Å²) in [4.78, 5) is 11.3. The number of anilines is 2. The molecule has 0 atom stereocenters. The van der Waals surface area contributed by atoms with Crippen molar-refractivity contribution in [3.63, 3.8) is 0 Å². The number of hydrogen-bond donors (Lipinski definition) is 1. The van der Waals surface area contributed by atoms with Crippen LogP contribution in [0.3, 0.4) is 0 Å². The highest BCUT2D eigenvalue weighted by Crippen LogP contribution is 2.31. The van der Waals surface area contributed by atoms with E-state index in [-0.39, 0.29) is 0 Å². The summed E-state index contributed by atoms with van der Waals surface area (Å²) in [7, 11) is 0. The van der Waals surface area contributed by atoms with Crippen LogP contribution in [0.1, 0.15) is 19.8 Å². The molecular weight excluding hydrogens is 236 g/mol. The normalized spacial score (nSPS) is 14.4. The Hall–Kier alpha value is -2.10. The molecular formula is C15H18N4. The van der Waals surface area contributed by atoms with E-state index in [1.54, 1.807) is 0 Å². The summed E-state index contributed by atoms with van der Waals surface area (Å²) in [5, 5.41) is 0. The number of aromatic nitrogens is 2. The van der Waals surface area contributed by atoms with Crippen molar-refractivity contribution in [2.24, 2.45) is 0 Å². The van der Waals surface area contributed by atoms with Crippen LogP contribution in [-0.2, 0) is 0 Å². The molecule has 1 saturated carbocycles. The lowest BCUT2D eigenvalue weighted by Gasteiger charge is -2.22. The third kappa shape index (κ3) is 2.52. The fraction of sp³-hybridized carbons (Fsp3) is 0.333. The maximum atomic E-state index is 5.93. The summed E-state index contributed by atoms with van der Waals surface area (Å²) in [6.45, 7) is 3.11. The van der Waals surface area contributed by atoms with E-state index in [1.807, 2.05) is 36.4 Å². The molecule has 1 aliphatic carbocycles. The molecule has 0 bridgehead atoms. The van der Waals surface area contributed by atoms with Gasteiger partial charge in [0.05, 0.1) is 0 Å². The van der Waals surface area contributed by atoms with E-state index in [9.17, 15) is 0 Å². The highest BCUT2D eigenvalue weighted by molar-refractivity contribution is 5.61. The minimum absolute atomic E-state index is 0.531. The lowest BCUT2D eigenvalue weighted by atomic mass is 10.2. The molecule has 4 heteroatoms. The number of nitrogens with zero attached hydrogens (tertiary/aromatic N) is 3. The zero-order valence-corrected chi connectivity index (χ0v) is 11.1. The summed E-state index contributed by atoms with van der Waals surface area (Å²) < 4.78 is 0. The first-order valence-corrected chi connectivity index (χ1v) is 6.74. The van der Waals surface area contributed by atoms with Crippen LogP contribution in [0.25, 0.3) is 11.4 Å². The Bertz CT molecular complexity index is 564. The number of nitrogen functional groups attached to an aromatic ring is 1. The molecule has 1 aromatic carbocycles. The molecule has 0 amide bonds. The number of rotatable bonds is 4. The zero-order chi connectivity index (χ0) is 13.2. The fourth-order valence-electron chi connectivity index (χ4n) is 2.31. The Balaban J connectivity index is 2.00. The van der Waals surface area contributed by atoms with Crippen LogP contribution in [0.15, 0.2) is 36.4 Å². The van der Waals surface area contributed by atoms with Crippen molar-refractivity contribution in [2.45, 2.75) is 25.8 Å². The Kier molecular flexibility index (Phi) is 3.07. The number of nitrogens with two attached hydrogens (primary N) is 1. The topological polar surface area (TPSA) is 55.0 Å². The molecule has 2 N–H and O–H groups in total. The van der Waals surface area contributed by atoms with Gasteiger partial charge >= 0.3 is 0 Å². The largest absolute Gasteiger partial charge is 0.384 e. The molecule has 2 aromatic rings. The quantitative estimate of drug-likeness (QED) is 0.911. The number of benzene rings is 1. The molecule has 19 heavy (non-hydrogen) atoms. The zero-order valence-electron chi connectivity index (χ0n) is 11.1. The standard InChI is InChI=1S/C15H18N4/c1-2-19(12-8-9-12)14-10-13(16)17-15(18-14)11-6-4-3-5-7-11/h3-7,10,12H,2,8-9H2,1H3,(H2,16,17,18). The Morgan fingerprint density at radius 2 is 1.95 bits per heavy atom.